The predicted octanol–water partition coefficient (Wildman–Crippen LogP) is 3.96. The molecule has 1 amide bonds. The summed E-state index contributed by atoms with van der Waals surface area (Å²) in [7, 11) is 0. The summed E-state index contributed by atoms with van der Waals surface area (Å²) in [5, 5.41) is 15.3. The van der Waals surface area contributed by atoms with Crippen LogP contribution in [-0.2, 0) is 17.9 Å². The third-order valence-electron chi connectivity index (χ3n) is 5.07. The van der Waals surface area contributed by atoms with Gasteiger partial charge in [0.1, 0.15) is 0 Å². The molecule has 0 atom stereocenters. The Kier molecular flexibility index (Phi) is 8.79. The lowest BCUT2D eigenvalue weighted by atomic mass is 10.1. The van der Waals surface area contributed by atoms with Crippen molar-refractivity contribution in [1.29, 1.82) is 0 Å². The van der Waals surface area contributed by atoms with Crippen molar-refractivity contribution in [3.8, 4) is 0 Å². The van der Waals surface area contributed by atoms with Crippen LogP contribution in [0.15, 0.2) is 36.7 Å². The predicted molar refractivity (Wildman–Crippen MR) is 125 cm³/mol. The number of hydrogen-bond donors (Lipinski definition) is 4. The number of anilines is 2. The Morgan fingerprint density at radius 2 is 1.84 bits per heavy atom. The number of rotatable bonds is 13. The second kappa shape index (κ2) is 12.0. The summed E-state index contributed by atoms with van der Waals surface area (Å²) in [5.74, 6) is 1.45. The molecule has 2 heterocycles. The highest BCUT2D eigenvalue weighted by molar-refractivity contribution is 5.84. The lowest BCUT2D eigenvalue weighted by Gasteiger charge is -2.12. The van der Waals surface area contributed by atoms with Crippen molar-refractivity contribution >= 4 is 28.8 Å². The van der Waals surface area contributed by atoms with E-state index in [0.717, 1.165) is 61.3 Å². The number of hydroxylamine groups is 1. The zero-order chi connectivity index (χ0) is 22.8. The normalized spacial score (nSPS) is 11.1. The van der Waals surface area contributed by atoms with Crippen LogP contribution >= 0.6 is 0 Å². The molecule has 32 heavy (non-hydrogen) atoms. The number of nitrogens with zero attached hydrogens (tertiary/aromatic N) is 4. The van der Waals surface area contributed by atoms with E-state index < -0.39 is 0 Å². The molecule has 0 fully saturated rings. The van der Waals surface area contributed by atoms with E-state index in [0.29, 0.717) is 24.8 Å². The van der Waals surface area contributed by atoms with Gasteiger partial charge in [0.05, 0.1) is 6.33 Å². The third-order valence-corrected chi connectivity index (χ3v) is 5.07. The van der Waals surface area contributed by atoms with Crippen LogP contribution in [0.25, 0.3) is 11.2 Å². The summed E-state index contributed by atoms with van der Waals surface area (Å²) < 4.78 is 2.08. The Morgan fingerprint density at radius 1 is 1.06 bits per heavy atom. The first-order valence-electron chi connectivity index (χ1n) is 11.2. The fraction of sp³-hybridized carbons (Fsp3) is 0.478. The molecule has 0 aliphatic heterocycles. The van der Waals surface area contributed by atoms with Gasteiger partial charge in [-0.2, -0.15) is 9.97 Å². The van der Waals surface area contributed by atoms with E-state index in [4.69, 9.17) is 10.2 Å². The first kappa shape index (κ1) is 23.5. The summed E-state index contributed by atoms with van der Waals surface area (Å²) in [6, 6.07) is 10.2. The lowest BCUT2D eigenvalue weighted by Crippen LogP contribution is -2.17. The van der Waals surface area contributed by atoms with Gasteiger partial charge in [0.2, 0.25) is 11.9 Å². The molecule has 1 aromatic carbocycles. The van der Waals surface area contributed by atoms with Gasteiger partial charge in [0, 0.05) is 26.1 Å². The molecule has 0 spiro atoms. The fourth-order valence-electron chi connectivity index (χ4n) is 3.48. The molecule has 0 aliphatic rings. The van der Waals surface area contributed by atoms with Crippen LogP contribution in [-0.4, -0.2) is 37.2 Å². The average molecular weight is 440 g/mol. The van der Waals surface area contributed by atoms with E-state index >= 15 is 0 Å². The van der Waals surface area contributed by atoms with Crippen molar-refractivity contribution in [3.05, 3.63) is 42.2 Å². The molecule has 0 bridgehead atoms. The van der Waals surface area contributed by atoms with E-state index in [2.05, 4.69) is 51.1 Å². The van der Waals surface area contributed by atoms with Gasteiger partial charge in [-0.15, -0.1) is 0 Å². The lowest BCUT2D eigenvalue weighted by molar-refractivity contribution is -0.129. The number of carbonyl (C=O) groups excluding carboxylic acids is 1. The molecule has 9 heteroatoms. The highest BCUT2D eigenvalue weighted by Gasteiger charge is 2.14. The van der Waals surface area contributed by atoms with E-state index in [1.54, 1.807) is 5.48 Å². The molecule has 3 aromatic rings. The molecule has 4 N–H and O–H groups in total. The molecule has 9 nitrogen and oxygen atoms in total. The highest BCUT2D eigenvalue weighted by Crippen LogP contribution is 2.22. The molecular weight excluding hydrogens is 406 g/mol. The fourth-order valence-corrected chi connectivity index (χ4v) is 3.48. The summed E-state index contributed by atoms with van der Waals surface area (Å²) in [4.78, 5) is 25.0. The number of aromatic nitrogens is 4. The van der Waals surface area contributed by atoms with Gasteiger partial charge in [0.25, 0.3) is 0 Å². The Morgan fingerprint density at radius 3 is 2.59 bits per heavy atom. The van der Waals surface area contributed by atoms with Crippen molar-refractivity contribution in [2.45, 2.75) is 59.0 Å². The quantitative estimate of drug-likeness (QED) is 0.181. The number of fused-ring (bicyclic) bond motifs is 1. The molecule has 172 valence electrons. The molecule has 0 aliphatic carbocycles. The third kappa shape index (κ3) is 6.91. The smallest absolute Gasteiger partial charge is 0.243 e. The number of amides is 1. The highest BCUT2D eigenvalue weighted by atomic mass is 16.5. The van der Waals surface area contributed by atoms with Gasteiger partial charge in [-0.1, -0.05) is 57.0 Å². The molecule has 0 saturated heterocycles. The van der Waals surface area contributed by atoms with Gasteiger partial charge in [0.15, 0.2) is 17.0 Å². The SMILES string of the molecule is CC(C)Cn1cnc2c(NCCCCCCC(=O)NO)nc(NCc3ccccc3)nc21. The number of nitrogens with one attached hydrogen (secondary N) is 3. The van der Waals surface area contributed by atoms with E-state index in [1.807, 2.05) is 24.5 Å². The maximum Gasteiger partial charge on any atom is 0.243 e. The first-order valence-corrected chi connectivity index (χ1v) is 11.2. The van der Waals surface area contributed by atoms with Crippen LogP contribution in [0.3, 0.4) is 0 Å². The topological polar surface area (TPSA) is 117 Å². The number of imidazole rings is 1. The first-order chi connectivity index (χ1) is 15.6. The van der Waals surface area contributed by atoms with Gasteiger partial charge in [-0.05, 0) is 24.3 Å². The minimum Gasteiger partial charge on any atom is -0.368 e. The second-order valence-electron chi connectivity index (χ2n) is 8.32. The maximum absolute atomic E-state index is 11.1. The van der Waals surface area contributed by atoms with Crippen molar-refractivity contribution in [3.63, 3.8) is 0 Å². The molecule has 0 unspecified atom stereocenters. The van der Waals surface area contributed by atoms with Gasteiger partial charge in [-0.3, -0.25) is 10.0 Å². The van der Waals surface area contributed by atoms with Crippen LogP contribution in [0.1, 0.15) is 51.5 Å². The summed E-state index contributed by atoms with van der Waals surface area (Å²) in [6.45, 7) is 6.58. The van der Waals surface area contributed by atoms with Gasteiger partial charge < -0.3 is 15.2 Å². The van der Waals surface area contributed by atoms with Crippen molar-refractivity contribution < 1.29 is 10.0 Å². The van der Waals surface area contributed by atoms with Crippen LogP contribution in [0, 0.1) is 5.92 Å². The van der Waals surface area contributed by atoms with E-state index in [-0.39, 0.29) is 5.91 Å². The Hall–Kier alpha value is -3.20. The van der Waals surface area contributed by atoms with Crippen molar-refractivity contribution in [2.24, 2.45) is 5.92 Å². The zero-order valence-electron chi connectivity index (χ0n) is 18.8. The molecule has 3 rings (SSSR count). The minimum absolute atomic E-state index is 0.334. The number of unbranched alkanes of at least 4 members (excludes halogenated alkanes) is 3. The number of hydrogen-bond acceptors (Lipinski definition) is 7. The van der Waals surface area contributed by atoms with Crippen molar-refractivity contribution in [2.75, 3.05) is 17.2 Å². The molecule has 2 aromatic heterocycles. The van der Waals surface area contributed by atoms with Gasteiger partial charge in [-0.25, -0.2) is 10.5 Å². The summed E-state index contributed by atoms with van der Waals surface area (Å²) in [6.07, 6.45) is 5.81. The Bertz CT molecular complexity index is 989. The standard InChI is InChI=1S/C23H33N7O2/c1-17(2)15-30-16-26-20-21(24-13-9-4-3-8-12-19(31)29-32)27-23(28-22(20)30)25-14-18-10-6-5-7-11-18/h5-7,10-11,16-17,32H,3-4,8-9,12-15H2,1-2H3,(H,29,31)(H2,24,25,27,28). The average Bonchev–Trinajstić information content (AvgIpc) is 3.19. The van der Waals surface area contributed by atoms with E-state index in [1.165, 1.54) is 0 Å². The van der Waals surface area contributed by atoms with E-state index in [9.17, 15) is 4.79 Å². The van der Waals surface area contributed by atoms with Crippen LogP contribution in [0.4, 0.5) is 11.8 Å². The summed E-state index contributed by atoms with van der Waals surface area (Å²) >= 11 is 0. The Balaban J connectivity index is 1.65. The van der Waals surface area contributed by atoms with Crippen molar-refractivity contribution in [1.82, 2.24) is 25.0 Å². The number of benzene rings is 1. The largest absolute Gasteiger partial charge is 0.368 e. The van der Waals surface area contributed by atoms with Gasteiger partial charge >= 0.3 is 0 Å². The second-order valence-corrected chi connectivity index (χ2v) is 8.32. The molecule has 0 radical (unpaired) electrons. The van der Waals surface area contributed by atoms with Crippen LogP contribution in [0.2, 0.25) is 0 Å². The molecule has 0 saturated carbocycles. The maximum atomic E-state index is 11.1. The minimum atomic E-state index is -0.334. The van der Waals surface area contributed by atoms with Crippen LogP contribution in [0.5, 0.6) is 0 Å². The van der Waals surface area contributed by atoms with Crippen LogP contribution < -0.4 is 16.1 Å². The summed E-state index contributed by atoms with van der Waals surface area (Å²) in [5.41, 5.74) is 4.42. The zero-order valence-corrected chi connectivity index (χ0v) is 18.8. The number of carbonyl (C=O) groups is 1. The molecular formula is C23H33N7O2. The monoisotopic (exact) mass is 439 g/mol. The Labute approximate surface area is 188 Å².